The van der Waals surface area contributed by atoms with Crippen molar-refractivity contribution in [2.75, 3.05) is 47.4 Å². The summed E-state index contributed by atoms with van der Waals surface area (Å²) >= 11 is 12.6. The van der Waals surface area contributed by atoms with Crippen molar-refractivity contribution < 1.29 is 4.39 Å². The molecule has 5 rings (SSSR count). The molecule has 0 spiro atoms. The van der Waals surface area contributed by atoms with Gasteiger partial charge in [-0.15, -0.1) is 0 Å². The number of nitrogens with zero attached hydrogens (tertiary/aromatic N) is 6. The van der Waals surface area contributed by atoms with Gasteiger partial charge in [-0.1, -0.05) is 23.2 Å². The lowest BCUT2D eigenvalue weighted by molar-refractivity contribution is 0.628. The van der Waals surface area contributed by atoms with Gasteiger partial charge < -0.3 is 20.4 Å². The molecule has 0 amide bonds. The molecule has 4 heterocycles. The van der Waals surface area contributed by atoms with Gasteiger partial charge in [-0.3, -0.25) is 0 Å². The van der Waals surface area contributed by atoms with Gasteiger partial charge in [0.2, 0.25) is 5.95 Å². The molecule has 3 aromatic rings. The number of pyridine rings is 1. The number of benzene rings is 1. The third-order valence-electron chi connectivity index (χ3n) is 6.74. The largest absolute Gasteiger partial charge is 0.353 e. The zero-order chi connectivity index (χ0) is 24.5. The molecular weight excluding hydrogens is 488 g/mol. The van der Waals surface area contributed by atoms with Crippen LogP contribution in [0.2, 0.25) is 10.0 Å². The van der Waals surface area contributed by atoms with Gasteiger partial charge in [-0.05, 0) is 49.6 Å². The van der Waals surface area contributed by atoms with Crippen molar-refractivity contribution in [3.8, 4) is 11.3 Å². The summed E-state index contributed by atoms with van der Waals surface area (Å²) in [5.41, 5.74) is 8.12. The van der Waals surface area contributed by atoms with E-state index in [4.69, 9.17) is 38.9 Å². The average Bonchev–Trinajstić information content (AvgIpc) is 3.31. The Bertz CT molecular complexity index is 1220. The topological polar surface area (TPSA) is 74.4 Å². The van der Waals surface area contributed by atoms with Crippen LogP contribution in [0.5, 0.6) is 0 Å². The summed E-state index contributed by atoms with van der Waals surface area (Å²) in [4.78, 5) is 21.0. The van der Waals surface area contributed by atoms with Crippen molar-refractivity contribution in [1.29, 1.82) is 0 Å². The summed E-state index contributed by atoms with van der Waals surface area (Å²) in [6, 6.07) is 8.92. The highest BCUT2D eigenvalue weighted by Crippen LogP contribution is 2.32. The third-order valence-corrected chi connectivity index (χ3v) is 7.31. The van der Waals surface area contributed by atoms with Crippen LogP contribution >= 0.6 is 23.2 Å². The van der Waals surface area contributed by atoms with E-state index < -0.39 is 5.82 Å². The molecule has 2 fully saturated rings. The molecule has 0 aliphatic carbocycles. The van der Waals surface area contributed by atoms with Crippen LogP contribution in [0.25, 0.3) is 11.3 Å². The number of nitrogens with two attached hydrogens (primary N) is 1. The van der Waals surface area contributed by atoms with E-state index in [-0.39, 0.29) is 5.02 Å². The summed E-state index contributed by atoms with van der Waals surface area (Å²) in [6.07, 6.45) is 4.00. The normalized spacial score (nSPS) is 18.4. The Kier molecular flexibility index (Phi) is 6.95. The number of hydrogen-bond donors (Lipinski definition) is 1. The second-order valence-corrected chi connectivity index (χ2v) is 9.87. The molecule has 184 valence electrons. The van der Waals surface area contributed by atoms with Crippen molar-refractivity contribution in [3.05, 3.63) is 58.0 Å². The first-order chi connectivity index (χ1) is 16.9. The summed E-state index contributed by atoms with van der Waals surface area (Å²) in [5.74, 6) is 1.88. The van der Waals surface area contributed by atoms with Crippen molar-refractivity contribution in [3.63, 3.8) is 0 Å². The number of halogens is 3. The van der Waals surface area contributed by atoms with E-state index in [1.54, 1.807) is 18.3 Å². The summed E-state index contributed by atoms with van der Waals surface area (Å²) < 4.78 is 13.8. The van der Waals surface area contributed by atoms with Crippen molar-refractivity contribution in [1.82, 2.24) is 15.0 Å². The molecule has 2 aliphatic rings. The Labute approximate surface area is 214 Å². The SMILES string of the molecule is CC1CCCN1c1nc(-c2ccc(F)c(Cl)c2)cc(N2CCN(c3ncc(CN)cc3Cl)CC2)n1. The van der Waals surface area contributed by atoms with E-state index >= 15 is 0 Å². The molecule has 2 aliphatic heterocycles. The Hall–Kier alpha value is -2.68. The number of aromatic nitrogens is 3. The lowest BCUT2D eigenvalue weighted by atomic mass is 10.1. The quantitative estimate of drug-likeness (QED) is 0.524. The highest BCUT2D eigenvalue weighted by atomic mass is 35.5. The molecule has 10 heteroatoms. The van der Waals surface area contributed by atoms with E-state index in [0.717, 1.165) is 74.0 Å². The minimum Gasteiger partial charge on any atom is -0.353 e. The molecule has 35 heavy (non-hydrogen) atoms. The zero-order valence-electron chi connectivity index (χ0n) is 19.6. The van der Waals surface area contributed by atoms with Gasteiger partial charge in [0.05, 0.1) is 15.7 Å². The maximum atomic E-state index is 13.8. The second-order valence-electron chi connectivity index (χ2n) is 9.05. The fourth-order valence-corrected chi connectivity index (χ4v) is 5.20. The minimum atomic E-state index is -0.444. The minimum absolute atomic E-state index is 0.0809. The maximum Gasteiger partial charge on any atom is 0.228 e. The monoisotopic (exact) mass is 515 g/mol. The maximum absolute atomic E-state index is 13.8. The Morgan fingerprint density at radius 1 is 1.00 bits per heavy atom. The van der Waals surface area contributed by atoms with E-state index in [2.05, 4.69) is 26.6 Å². The molecule has 0 saturated carbocycles. The Morgan fingerprint density at radius 3 is 2.43 bits per heavy atom. The third kappa shape index (κ3) is 5.01. The molecule has 0 bridgehead atoms. The highest BCUT2D eigenvalue weighted by molar-refractivity contribution is 6.33. The lowest BCUT2D eigenvalue weighted by Gasteiger charge is -2.37. The first kappa shape index (κ1) is 24.0. The van der Waals surface area contributed by atoms with Gasteiger partial charge in [0.25, 0.3) is 0 Å². The van der Waals surface area contributed by atoms with Crippen LogP contribution in [0.1, 0.15) is 25.3 Å². The molecule has 2 saturated heterocycles. The fraction of sp³-hybridized carbons (Fsp3) is 0.400. The molecule has 7 nitrogen and oxygen atoms in total. The summed E-state index contributed by atoms with van der Waals surface area (Å²) in [7, 11) is 0. The van der Waals surface area contributed by atoms with Crippen LogP contribution in [0.15, 0.2) is 36.5 Å². The summed E-state index contributed by atoms with van der Waals surface area (Å²) in [5, 5.41) is 0.696. The average molecular weight is 516 g/mol. The van der Waals surface area contributed by atoms with Crippen molar-refractivity contribution in [2.45, 2.75) is 32.4 Å². The standard InChI is InChI=1S/C25H28Cl2FN7/c1-16-3-2-6-35(16)25-31-22(18-4-5-21(28)19(26)12-18)13-23(32-25)33-7-9-34(10-8-33)24-20(27)11-17(14-29)15-30-24/h4-5,11-13,15-16H,2-3,6-10,14,29H2,1H3. The van der Waals surface area contributed by atoms with Gasteiger partial charge in [-0.2, -0.15) is 4.98 Å². The number of piperazine rings is 1. The van der Waals surface area contributed by atoms with Crippen LogP contribution in [-0.2, 0) is 6.54 Å². The van der Waals surface area contributed by atoms with Crippen LogP contribution in [0, 0.1) is 5.82 Å². The van der Waals surface area contributed by atoms with E-state index in [0.29, 0.717) is 23.6 Å². The molecule has 2 aromatic heterocycles. The summed E-state index contributed by atoms with van der Waals surface area (Å²) in [6.45, 7) is 6.55. The predicted octanol–water partition coefficient (Wildman–Crippen LogP) is 4.76. The first-order valence-electron chi connectivity index (χ1n) is 11.9. The van der Waals surface area contributed by atoms with Gasteiger partial charge in [0.1, 0.15) is 17.5 Å². The molecular formula is C25H28Cl2FN7. The van der Waals surface area contributed by atoms with Crippen LogP contribution < -0.4 is 20.4 Å². The molecule has 1 atom stereocenters. The van der Waals surface area contributed by atoms with Gasteiger partial charge in [0.15, 0.2) is 0 Å². The van der Waals surface area contributed by atoms with Crippen molar-refractivity contribution >= 4 is 40.8 Å². The van der Waals surface area contributed by atoms with E-state index in [1.165, 1.54) is 6.07 Å². The van der Waals surface area contributed by atoms with Crippen LogP contribution in [-0.4, -0.2) is 53.7 Å². The highest BCUT2D eigenvalue weighted by Gasteiger charge is 2.26. The zero-order valence-corrected chi connectivity index (χ0v) is 21.1. The lowest BCUT2D eigenvalue weighted by Crippen LogP contribution is -2.47. The van der Waals surface area contributed by atoms with Crippen LogP contribution in [0.4, 0.5) is 22.0 Å². The fourth-order valence-electron chi connectivity index (χ4n) is 4.71. The number of hydrogen-bond acceptors (Lipinski definition) is 7. The van der Waals surface area contributed by atoms with E-state index in [1.807, 2.05) is 12.1 Å². The second kappa shape index (κ2) is 10.1. The molecule has 2 N–H and O–H groups in total. The Morgan fingerprint density at radius 2 is 1.77 bits per heavy atom. The molecule has 1 aromatic carbocycles. The Balaban J connectivity index is 1.42. The van der Waals surface area contributed by atoms with Crippen molar-refractivity contribution in [2.24, 2.45) is 5.73 Å². The van der Waals surface area contributed by atoms with Gasteiger partial charge >= 0.3 is 0 Å². The van der Waals surface area contributed by atoms with Crippen LogP contribution in [0.3, 0.4) is 0 Å². The first-order valence-corrected chi connectivity index (χ1v) is 12.6. The number of rotatable bonds is 5. The van der Waals surface area contributed by atoms with E-state index in [9.17, 15) is 4.39 Å². The smallest absolute Gasteiger partial charge is 0.228 e. The molecule has 1 unspecified atom stereocenters. The molecule has 0 radical (unpaired) electrons. The number of anilines is 3. The predicted molar refractivity (Wildman–Crippen MR) is 140 cm³/mol. The van der Waals surface area contributed by atoms with Gasteiger partial charge in [-0.25, -0.2) is 14.4 Å². The van der Waals surface area contributed by atoms with Gasteiger partial charge in [0, 0.05) is 63.1 Å².